The van der Waals surface area contributed by atoms with Gasteiger partial charge in [0.2, 0.25) is 0 Å². The molecule has 0 bridgehead atoms. The lowest BCUT2D eigenvalue weighted by Gasteiger charge is -2.07. The van der Waals surface area contributed by atoms with Crippen molar-refractivity contribution in [2.24, 2.45) is 0 Å². The highest BCUT2D eigenvalue weighted by Gasteiger charge is 2.27. The molecule has 1 atom stereocenters. The number of thiophene rings is 1. The maximum atomic E-state index is 12.8. The lowest BCUT2D eigenvalue weighted by atomic mass is 10.4. The topological polar surface area (TPSA) is 83.8 Å². The van der Waals surface area contributed by atoms with Crippen molar-refractivity contribution in [2.75, 3.05) is 0 Å². The quantitative estimate of drug-likeness (QED) is 0.842. The van der Waals surface area contributed by atoms with Crippen molar-refractivity contribution in [3.8, 4) is 5.75 Å². The van der Waals surface area contributed by atoms with E-state index in [0.29, 0.717) is 3.79 Å². The van der Waals surface area contributed by atoms with Crippen LogP contribution >= 0.6 is 43.2 Å². The number of aromatic carboxylic acids is 1. The van der Waals surface area contributed by atoms with Gasteiger partial charge in [0.1, 0.15) is 0 Å². The Labute approximate surface area is 109 Å². The lowest BCUT2D eigenvalue weighted by molar-refractivity contribution is -0.153. The summed E-state index contributed by atoms with van der Waals surface area (Å²) in [5, 5.41) is 17.1. The number of alkyl halides is 1. The average Bonchev–Trinajstić information content (AvgIpc) is 2.45. The van der Waals surface area contributed by atoms with E-state index in [4.69, 9.17) is 10.2 Å². The molecule has 0 spiro atoms. The van der Waals surface area contributed by atoms with Gasteiger partial charge in [-0.25, -0.2) is 9.59 Å². The number of halogens is 3. The number of ether oxygens (including phenoxy) is 1. The fourth-order valence-corrected chi connectivity index (χ4v) is 2.79. The Morgan fingerprint density at radius 1 is 1.38 bits per heavy atom. The van der Waals surface area contributed by atoms with Crippen molar-refractivity contribution < 1.29 is 28.9 Å². The van der Waals surface area contributed by atoms with Gasteiger partial charge in [0.25, 0.3) is 0 Å². The van der Waals surface area contributed by atoms with Crippen molar-refractivity contribution in [1.82, 2.24) is 0 Å². The summed E-state index contributed by atoms with van der Waals surface area (Å²) in [6, 6.07) is 0. The highest BCUT2D eigenvalue weighted by Crippen LogP contribution is 2.43. The predicted molar refractivity (Wildman–Crippen MR) is 59.8 cm³/mol. The summed E-state index contributed by atoms with van der Waals surface area (Å²) in [6.07, 6.45) is -2.61. The maximum absolute atomic E-state index is 12.8. The number of hydrogen-bond donors (Lipinski definition) is 2. The second-order valence-corrected chi connectivity index (χ2v) is 5.56. The first-order chi connectivity index (χ1) is 7.34. The Bertz CT molecular complexity index is 446. The number of carbonyl (C=O) groups is 2. The highest BCUT2D eigenvalue weighted by molar-refractivity contribution is 9.13. The van der Waals surface area contributed by atoms with E-state index in [-0.39, 0.29) is 15.1 Å². The Balaban J connectivity index is 3.11. The van der Waals surface area contributed by atoms with Crippen LogP contribution in [0.5, 0.6) is 5.75 Å². The van der Waals surface area contributed by atoms with Crippen LogP contribution in [-0.4, -0.2) is 28.5 Å². The fraction of sp³-hybridized carbons (Fsp3) is 0.143. The molecule has 1 aromatic heterocycles. The van der Waals surface area contributed by atoms with E-state index in [1.807, 2.05) is 0 Å². The third kappa shape index (κ3) is 2.71. The van der Waals surface area contributed by atoms with Crippen LogP contribution < -0.4 is 4.74 Å². The Hall–Kier alpha value is -0.670. The summed E-state index contributed by atoms with van der Waals surface area (Å²) in [7, 11) is 0. The predicted octanol–water partition coefficient (Wildman–Crippen LogP) is 2.73. The van der Waals surface area contributed by atoms with Crippen LogP contribution in [0.25, 0.3) is 0 Å². The number of carboxylic acid groups (broad SMARTS) is 2. The van der Waals surface area contributed by atoms with Crippen molar-refractivity contribution in [3.05, 3.63) is 13.1 Å². The summed E-state index contributed by atoms with van der Waals surface area (Å²) in [5.41, 5.74) is 0. The lowest BCUT2D eigenvalue weighted by Crippen LogP contribution is -2.22. The molecule has 1 rings (SSSR count). The number of hydrogen-bond acceptors (Lipinski definition) is 4. The van der Waals surface area contributed by atoms with Gasteiger partial charge in [-0.15, -0.1) is 11.3 Å². The summed E-state index contributed by atoms with van der Waals surface area (Å²) in [5.74, 6) is -3.51. The molecule has 5 nitrogen and oxygen atoms in total. The smallest absolute Gasteiger partial charge is 0.378 e. The second-order valence-electron chi connectivity index (χ2n) is 2.43. The van der Waals surface area contributed by atoms with E-state index < -0.39 is 18.3 Å². The fourth-order valence-electron chi connectivity index (χ4n) is 0.770. The summed E-state index contributed by atoms with van der Waals surface area (Å²) < 4.78 is 17.7. The van der Waals surface area contributed by atoms with Crippen LogP contribution in [0.15, 0.2) is 8.26 Å². The molecule has 0 radical (unpaired) electrons. The number of aliphatic carboxylic acids is 1. The zero-order chi connectivity index (χ0) is 12.5. The van der Waals surface area contributed by atoms with E-state index in [1.165, 1.54) is 0 Å². The molecule has 2 N–H and O–H groups in total. The van der Waals surface area contributed by atoms with Gasteiger partial charge >= 0.3 is 18.3 Å². The third-order valence-electron chi connectivity index (χ3n) is 1.38. The average molecular weight is 378 g/mol. The molecular weight excluding hydrogens is 375 g/mol. The molecule has 0 fully saturated rings. The van der Waals surface area contributed by atoms with Crippen LogP contribution in [0.1, 0.15) is 9.67 Å². The van der Waals surface area contributed by atoms with Crippen LogP contribution in [-0.2, 0) is 4.79 Å². The molecular formula is C7H3Br2FO5S. The van der Waals surface area contributed by atoms with Gasteiger partial charge in [0, 0.05) is 0 Å². The van der Waals surface area contributed by atoms with E-state index in [1.54, 1.807) is 0 Å². The normalized spacial score (nSPS) is 12.2. The minimum absolute atomic E-state index is 0.166. The summed E-state index contributed by atoms with van der Waals surface area (Å²) in [4.78, 5) is 20.7. The molecule has 0 aliphatic rings. The molecule has 88 valence electrons. The highest BCUT2D eigenvalue weighted by atomic mass is 79.9. The molecule has 0 aliphatic carbocycles. The van der Waals surface area contributed by atoms with Crippen molar-refractivity contribution >= 4 is 55.1 Å². The van der Waals surface area contributed by atoms with Gasteiger partial charge in [-0.1, -0.05) is 0 Å². The van der Waals surface area contributed by atoms with Crippen LogP contribution in [0.2, 0.25) is 0 Å². The van der Waals surface area contributed by atoms with Gasteiger partial charge in [0.15, 0.2) is 10.6 Å². The van der Waals surface area contributed by atoms with E-state index in [2.05, 4.69) is 36.6 Å². The molecule has 16 heavy (non-hydrogen) atoms. The summed E-state index contributed by atoms with van der Waals surface area (Å²) in [6.45, 7) is 0. The molecule has 0 saturated carbocycles. The van der Waals surface area contributed by atoms with E-state index in [9.17, 15) is 14.0 Å². The van der Waals surface area contributed by atoms with Crippen LogP contribution in [0, 0.1) is 0 Å². The number of rotatable bonds is 4. The molecule has 1 unspecified atom stereocenters. The standard InChI is InChI=1S/C7H3Br2FO5S/c8-1-2(15-5(10)7(13)14)3(6(11)12)16-4(1)9/h5H,(H,11,12)(H,13,14). The van der Waals surface area contributed by atoms with Gasteiger partial charge < -0.3 is 14.9 Å². The van der Waals surface area contributed by atoms with Gasteiger partial charge in [-0.2, -0.15) is 4.39 Å². The molecule has 1 aromatic rings. The monoisotopic (exact) mass is 376 g/mol. The zero-order valence-corrected chi connectivity index (χ0v) is 11.2. The minimum atomic E-state index is -2.61. The molecule has 0 aliphatic heterocycles. The maximum Gasteiger partial charge on any atom is 0.378 e. The van der Waals surface area contributed by atoms with E-state index in [0.717, 1.165) is 11.3 Å². The molecule has 0 saturated heterocycles. The summed E-state index contributed by atoms with van der Waals surface area (Å²) >= 11 is 6.77. The van der Waals surface area contributed by atoms with Crippen LogP contribution in [0.3, 0.4) is 0 Å². The van der Waals surface area contributed by atoms with Gasteiger partial charge in [-0.05, 0) is 31.9 Å². The molecule has 9 heteroatoms. The number of carboxylic acids is 2. The third-order valence-corrected chi connectivity index (χ3v) is 4.76. The van der Waals surface area contributed by atoms with Gasteiger partial charge in [0.05, 0.1) is 8.26 Å². The van der Waals surface area contributed by atoms with Crippen LogP contribution in [0.4, 0.5) is 4.39 Å². The Morgan fingerprint density at radius 3 is 2.38 bits per heavy atom. The zero-order valence-electron chi connectivity index (χ0n) is 7.24. The first kappa shape index (κ1) is 13.4. The first-order valence-electron chi connectivity index (χ1n) is 3.59. The molecule has 1 heterocycles. The van der Waals surface area contributed by atoms with Crippen molar-refractivity contribution in [2.45, 2.75) is 6.36 Å². The Morgan fingerprint density at radius 2 is 1.94 bits per heavy atom. The minimum Gasteiger partial charge on any atom is -0.477 e. The Kier molecular flexibility index (Phi) is 4.28. The SMILES string of the molecule is O=C(O)c1sc(Br)c(Br)c1OC(F)C(=O)O. The van der Waals surface area contributed by atoms with Gasteiger partial charge in [-0.3, -0.25) is 0 Å². The van der Waals surface area contributed by atoms with Crippen molar-refractivity contribution in [1.29, 1.82) is 0 Å². The van der Waals surface area contributed by atoms with E-state index >= 15 is 0 Å². The van der Waals surface area contributed by atoms with Crippen molar-refractivity contribution in [3.63, 3.8) is 0 Å². The molecule has 0 aromatic carbocycles. The molecule has 0 amide bonds. The second kappa shape index (κ2) is 5.11. The largest absolute Gasteiger partial charge is 0.477 e. The first-order valence-corrected chi connectivity index (χ1v) is 5.99.